The van der Waals surface area contributed by atoms with Gasteiger partial charge in [0.25, 0.3) is 5.88 Å². The fourth-order valence-electron chi connectivity index (χ4n) is 1.72. The molecule has 0 aliphatic carbocycles. The molecule has 0 radical (unpaired) electrons. The quantitative estimate of drug-likeness (QED) is 0.821. The van der Waals surface area contributed by atoms with E-state index in [9.17, 15) is 0 Å². The van der Waals surface area contributed by atoms with Crippen LogP contribution in [-0.4, -0.2) is 38.4 Å². The average molecular weight is 224 g/mol. The lowest BCUT2D eigenvalue weighted by Gasteiger charge is -2.16. The molecule has 0 bridgehead atoms. The van der Waals surface area contributed by atoms with E-state index in [0.29, 0.717) is 17.4 Å². The number of nitrogens with zero attached hydrogens (tertiary/aromatic N) is 1. The van der Waals surface area contributed by atoms with Crippen LogP contribution in [0.5, 0.6) is 17.4 Å². The minimum atomic E-state index is 0.159. The third-order valence-corrected chi connectivity index (χ3v) is 2.55. The third-order valence-electron chi connectivity index (χ3n) is 2.55. The normalized spacial score (nSPS) is 19.5. The van der Waals surface area contributed by atoms with Crippen LogP contribution >= 0.6 is 0 Å². The van der Waals surface area contributed by atoms with E-state index < -0.39 is 0 Å². The summed E-state index contributed by atoms with van der Waals surface area (Å²) in [6.07, 6.45) is 2.78. The van der Waals surface area contributed by atoms with E-state index in [-0.39, 0.29) is 6.10 Å². The molecule has 1 saturated heterocycles. The van der Waals surface area contributed by atoms with Crippen molar-refractivity contribution in [3.8, 4) is 17.4 Å². The Balaban J connectivity index is 2.21. The SMILES string of the molecule is COc1ccnc(OC)c1OC1CCNC1. The van der Waals surface area contributed by atoms with Crippen molar-refractivity contribution in [3.05, 3.63) is 12.3 Å². The molecule has 1 aliphatic heterocycles. The van der Waals surface area contributed by atoms with Crippen molar-refractivity contribution in [3.63, 3.8) is 0 Å². The van der Waals surface area contributed by atoms with E-state index in [1.165, 1.54) is 0 Å². The largest absolute Gasteiger partial charge is 0.493 e. The van der Waals surface area contributed by atoms with Crippen molar-refractivity contribution in [1.82, 2.24) is 10.3 Å². The second-order valence-corrected chi connectivity index (χ2v) is 3.58. The highest BCUT2D eigenvalue weighted by Gasteiger charge is 2.21. The molecular weight excluding hydrogens is 208 g/mol. The van der Waals surface area contributed by atoms with Crippen molar-refractivity contribution >= 4 is 0 Å². The molecule has 16 heavy (non-hydrogen) atoms. The minimum absolute atomic E-state index is 0.159. The van der Waals surface area contributed by atoms with Crippen LogP contribution in [0.15, 0.2) is 12.3 Å². The maximum Gasteiger partial charge on any atom is 0.260 e. The molecular formula is C11H16N2O3. The first-order valence-electron chi connectivity index (χ1n) is 5.29. The second-order valence-electron chi connectivity index (χ2n) is 3.58. The van der Waals surface area contributed by atoms with Crippen molar-refractivity contribution in [2.45, 2.75) is 12.5 Å². The van der Waals surface area contributed by atoms with Crippen molar-refractivity contribution in [1.29, 1.82) is 0 Å². The van der Waals surface area contributed by atoms with E-state index >= 15 is 0 Å². The van der Waals surface area contributed by atoms with E-state index in [0.717, 1.165) is 19.5 Å². The Labute approximate surface area is 94.7 Å². The molecule has 1 aromatic rings. The lowest BCUT2D eigenvalue weighted by Crippen LogP contribution is -2.20. The Morgan fingerprint density at radius 1 is 1.38 bits per heavy atom. The molecule has 5 heteroatoms. The molecule has 0 spiro atoms. The summed E-state index contributed by atoms with van der Waals surface area (Å²) in [5.41, 5.74) is 0. The maximum atomic E-state index is 5.84. The Morgan fingerprint density at radius 2 is 2.25 bits per heavy atom. The van der Waals surface area contributed by atoms with Gasteiger partial charge in [-0.1, -0.05) is 0 Å². The average Bonchev–Trinajstić information content (AvgIpc) is 2.82. The number of hydrogen-bond donors (Lipinski definition) is 1. The number of rotatable bonds is 4. The van der Waals surface area contributed by atoms with Gasteiger partial charge in [0.15, 0.2) is 5.75 Å². The highest BCUT2D eigenvalue weighted by Crippen LogP contribution is 2.35. The molecule has 0 saturated carbocycles. The van der Waals surface area contributed by atoms with Crippen LogP contribution in [0.4, 0.5) is 0 Å². The summed E-state index contributed by atoms with van der Waals surface area (Å²) >= 11 is 0. The van der Waals surface area contributed by atoms with Crippen LogP contribution in [0.25, 0.3) is 0 Å². The zero-order chi connectivity index (χ0) is 11.4. The Hall–Kier alpha value is -1.49. The van der Waals surface area contributed by atoms with E-state index in [1.807, 2.05) is 0 Å². The van der Waals surface area contributed by atoms with Crippen LogP contribution in [0.1, 0.15) is 6.42 Å². The number of hydrogen-bond acceptors (Lipinski definition) is 5. The zero-order valence-electron chi connectivity index (χ0n) is 9.53. The van der Waals surface area contributed by atoms with Crippen LogP contribution < -0.4 is 19.5 Å². The first-order chi connectivity index (χ1) is 7.85. The Bertz CT molecular complexity index is 329. The van der Waals surface area contributed by atoms with Crippen molar-refractivity contribution < 1.29 is 14.2 Å². The molecule has 1 aliphatic rings. The fraction of sp³-hybridized carbons (Fsp3) is 0.545. The van der Waals surface area contributed by atoms with Gasteiger partial charge < -0.3 is 19.5 Å². The number of methoxy groups -OCH3 is 2. The summed E-state index contributed by atoms with van der Waals surface area (Å²) in [5.74, 6) is 1.70. The van der Waals surface area contributed by atoms with Gasteiger partial charge in [-0.2, -0.15) is 0 Å². The summed E-state index contributed by atoms with van der Waals surface area (Å²) in [6, 6.07) is 1.76. The molecule has 0 aromatic carbocycles. The molecule has 1 fully saturated rings. The van der Waals surface area contributed by atoms with Gasteiger partial charge in [-0.05, 0) is 13.0 Å². The van der Waals surface area contributed by atoms with Gasteiger partial charge in [0.05, 0.1) is 14.2 Å². The second kappa shape index (κ2) is 5.03. The molecule has 1 atom stereocenters. The van der Waals surface area contributed by atoms with Crippen LogP contribution in [0, 0.1) is 0 Å². The van der Waals surface area contributed by atoms with Crippen LogP contribution in [0.3, 0.4) is 0 Å². The summed E-state index contributed by atoms with van der Waals surface area (Å²) in [5, 5.41) is 3.24. The standard InChI is InChI=1S/C11H16N2O3/c1-14-9-4-6-13-11(15-2)10(9)16-8-3-5-12-7-8/h4,6,8,12H,3,5,7H2,1-2H3. The molecule has 5 nitrogen and oxygen atoms in total. The predicted molar refractivity (Wildman–Crippen MR) is 59.2 cm³/mol. The van der Waals surface area contributed by atoms with Crippen molar-refractivity contribution in [2.24, 2.45) is 0 Å². The van der Waals surface area contributed by atoms with E-state index in [2.05, 4.69) is 10.3 Å². The smallest absolute Gasteiger partial charge is 0.260 e. The van der Waals surface area contributed by atoms with Crippen LogP contribution in [0.2, 0.25) is 0 Å². The number of aromatic nitrogens is 1. The summed E-state index contributed by atoms with van der Waals surface area (Å²) in [6.45, 7) is 1.83. The topological polar surface area (TPSA) is 52.6 Å². The molecule has 2 rings (SSSR count). The highest BCUT2D eigenvalue weighted by molar-refractivity contribution is 5.46. The fourth-order valence-corrected chi connectivity index (χ4v) is 1.72. The summed E-state index contributed by atoms with van der Waals surface area (Å²) < 4.78 is 16.2. The van der Waals surface area contributed by atoms with Gasteiger partial charge in [-0.3, -0.25) is 0 Å². The number of ether oxygens (including phenoxy) is 3. The van der Waals surface area contributed by atoms with Gasteiger partial charge in [0.2, 0.25) is 5.75 Å². The first-order valence-corrected chi connectivity index (χ1v) is 5.29. The summed E-state index contributed by atoms with van der Waals surface area (Å²) in [7, 11) is 3.18. The zero-order valence-corrected chi connectivity index (χ0v) is 9.53. The van der Waals surface area contributed by atoms with Crippen molar-refractivity contribution in [2.75, 3.05) is 27.3 Å². The molecule has 1 aromatic heterocycles. The number of nitrogens with one attached hydrogen (secondary N) is 1. The van der Waals surface area contributed by atoms with E-state index in [1.54, 1.807) is 26.5 Å². The highest BCUT2D eigenvalue weighted by atomic mass is 16.5. The van der Waals surface area contributed by atoms with Gasteiger partial charge >= 0.3 is 0 Å². The number of pyridine rings is 1. The summed E-state index contributed by atoms with van der Waals surface area (Å²) in [4.78, 5) is 4.10. The predicted octanol–water partition coefficient (Wildman–Crippen LogP) is 0.839. The third kappa shape index (κ3) is 2.19. The lowest BCUT2D eigenvalue weighted by molar-refractivity contribution is 0.200. The van der Waals surface area contributed by atoms with Gasteiger partial charge in [0.1, 0.15) is 6.10 Å². The van der Waals surface area contributed by atoms with E-state index in [4.69, 9.17) is 14.2 Å². The maximum absolute atomic E-state index is 5.84. The molecule has 88 valence electrons. The van der Waals surface area contributed by atoms with Gasteiger partial charge in [-0.25, -0.2) is 4.98 Å². The monoisotopic (exact) mass is 224 g/mol. The molecule has 1 N–H and O–H groups in total. The van der Waals surface area contributed by atoms with Gasteiger partial charge in [-0.15, -0.1) is 0 Å². The Morgan fingerprint density at radius 3 is 2.88 bits per heavy atom. The Kier molecular flexibility index (Phi) is 3.46. The first kappa shape index (κ1) is 11.0. The van der Waals surface area contributed by atoms with Gasteiger partial charge in [0, 0.05) is 18.8 Å². The molecule has 2 heterocycles. The molecule has 0 amide bonds. The molecule has 1 unspecified atom stereocenters. The minimum Gasteiger partial charge on any atom is -0.493 e. The van der Waals surface area contributed by atoms with Crippen LogP contribution in [-0.2, 0) is 0 Å². The lowest BCUT2D eigenvalue weighted by atomic mass is 10.3.